The maximum atomic E-state index is 4.23. The van der Waals surface area contributed by atoms with Crippen LogP contribution in [0.2, 0.25) is 0 Å². The molecule has 0 saturated heterocycles. The molecule has 0 saturated carbocycles. The summed E-state index contributed by atoms with van der Waals surface area (Å²) in [5.41, 5.74) is 1.31. The number of nitrogens with one attached hydrogen (secondary N) is 1. The highest BCUT2D eigenvalue weighted by molar-refractivity contribution is 7.99. The fourth-order valence-electron chi connectivity index (χ4n) is 1.78. The van der Waals surface area contributed by atoms with Crippen LogP contribution in [0, 0.1) is 0 Å². The number of benzene rings is 1. The largest absolute Gasteiger partial charge is 0.309 e. The van der Waals surface area contributed by atoms with E-state index >= 15 is 0 Å². The Hall–Kier alpha value is -1.33. The van der Waals surface area contributed by atoms with E-state index in [4.69, 9.17) is 0 Å². The van der Waals surface area contributed by atoms with Crippen LogP contribution in [0.3, 0.4) is 0 Å². The van der Waals surface area contributed by atoms with E-state index < -0.39 is 0 Å². The topological polar surface area (TPSA) is 42.7 Å². The van der Waals surface area contributed by atoms with Gasteiger partial charge in [-0.25, -0.2) is 9.67 Å². The third kappa shape index (κ3) is 3.34. The molecule has 1 atom stereocenters. The van der Waals surface area contributed by atoms with Crippen molar-refractivity contribution >= 4 is 11.8 Å². The molecule has 1 aromatic carbocycles. The molecule has 18 heavy (non-hydrogen) atoms. The van der Waals surface area contributed by atoms with Crippen molar-refractivity contribution in [2.45, 2.75) is 18.1 Å². The first-order valence-corrected chi connectivity index (χ1v) is 7.05. The summed E-state index contributed by atoms with van der Waals surface area (Å²) in [7, 11) is 1.92. The predicted molar refractivity (Wildman–Crippen MR) is 74.6 cm³/mol. The van der Waals surface area contributed by atoms with Crippen LogP contribution in [0.25, 0.3) is 0 Å². The lowest BCUT2D eigenvalue weighted by Crippen LogP contribution is -2.23. The molecule has 5 heteroatoms. The maximum Gasteiger partial charge on any atom is 0.185 e. The Morgan fingerprint density at radius 3 is 2.72 bits per heavy atom. The van der Waals surface area contributed by atoms with E-state index in [0.29, 0.717) is 6.04 Å². The van der Waals surface area contributed by atoms with Crippen LogP contribution in [0.15, 0.2) is 41.8 Å². The number of nitrogens with zero attached hydrogens (tertiary/aromatic N) is 3. The molecule has 0 fully saturated rings. The van der Waals surface area contributed by atoms with Crippen LogP contribution < -0.4 is 5.32 Å². The minimum absolute atomic E-state index is 0.345. The van der Waals surface area contributed by atoms with Crippen LogP contribution in [0.5, 0.6) is 0 Å². The number of aromatic nitrogens is 3. The second-order valence-electron chi connectivity index (χ2n) is 4.00. The fourth-order valence-corrected chi connectivity index (χ4v) is 2.76. The average Bonchev–Trinajstić information content (AvgIpc) is 2.81. The lowest BCUT2D eigenvalue weighted by molar-refractivity contribution is 0.603. The fraction of sp³-hybridized carbons (Fsp3) is 0.385. The Balaban J connectivity index is 2.01. The average molecular weight is 262 g/mol. The Labute approximate surface area is 112 Å². The molecule has 1 aromatic heterocycles. The van der Waals surface area contributed by atoms with Gasteiger partial charge in [0.1, 0.15) is 6.33 Å². The lowest BCUT2D eigenvalue weighted by atomic mass is 10.1. The van der Waals surface area contributed by atoms with Gasteiger partial charge < -0.3 is 5.32 Å². The summed E-state index contributed by atoms with van der Waals surface area (Å²) in [6.45, 7) is 3.09. The summed E-state index contributed by atoms with van der Waals surface area (Å²) in [5.74, 6) is 0.949. The van der Waals surface area contributed by atoms with Gasteiger partial charge in [-0.2, -0.15) is 5.10 Å². The van der Waals surface area contributed by atoms with Crippen LogP contribution in [-0.4, -0.2) is 27.1 Å². The minimum atomic E-state index is 0.345. The first-order chi connectivity index (χ1) is 8.81. The molecular weight excluding hydrogens is 244 g/mol. The Morgan fingerprint density at radius 1 is 1.33 bits per heavy atom. The quantitative estimate of drug-likeness (QED) is 0.811. The molecule has 0 aliphatic heterocycles. The number of thioether (sulfide) groups is 1. The summed E-state index contributed by atoms with van der Waals surface area (Å²) in [4.78, 5) is 4.23. The van der Waals surface area contributed by atoms with Crippen molar-refractivity contribution in [3.63, 3.8) is 0 Å². The number of hydrogen-bond donors (Lipinski definition) is 1. The van der Waals surface area contributed by atoms with Crippen molar-refractivity contribution in [1.82, 2.24) is 20.1 Å². The summed E-state index contributed by atoms with van der Waals surface area (Å²) in [6, 6.07) is 10.9. The van der Waals surface area contributed by atoms with Gasteiger partial charge in [0.15, 0.2) is 5.16 Å². The van der Waals surface area contributed by atoms with E-state index in [1.807, 2.05) is 13.1 Å². The number of aryl methyl sites for hydroxylation is 1. The van der Waals surface area contributed by atoms with Gasteiger partial charge in [-0.15, -0.1) is 0 Å². The van der Waals surface area contributed by atoms with Gasteiger partial charge in [-0.05, 0) is 12.1 Å². The van der Waals surface area contributed by atoms with Crippen LogP contribution in [-0.2, 0) is 7.05 Å². The minimum Gasteiger partial charge on any atom is -0.309 e. The van der Waals surface area contributed by atoms with Gasteiger partial charge >= 0.3 is 0 Å². The van der Waals surface area contributed by atoms with E-state index in [9.17, 15) is 0 Å². The molecule has 0 amide bonds. The highest BCUT2D eigenvalue weighted by atomic mass is 32.2. The summed E-state index contributed by atoms with van der Waals surface area (Å²) in [6.07, 6.45) is 1.59. The third-order valence-corrected chi connectivity index (χ3v) is 3.83. The maximum absolute atomic E-state index is 4.23. The highest BCUT2D eigenvalue weighted by Gasteiger charge is 2.12. The van der Waals surface area contributed by atoms with E-state index in [1.54, 1.807) is 22.8 Å². The molecule has 1 N–H and O–H groups in total. The van der Waals surface area contributed by atoms with Crippen molar-refractivity contribution in [1.29, 1.82) is 0 Å². The molecular formula is C13H18N4S. The standard InChI is InChI=1S/C13H18N4S/c1-3-14-12(11-7-5-4-6-8-11)9-18-13-15-10-16-17(13)2/h4-8,10,12,14H,3,9H2,1-2H3. The molecule has 2 aromatic rings. The van der Waals surface area contributed by atoms with E-state index in [2.05, 4.69) is 46.6 Å². The summed E-state index contributed by atoms with van der Waals surface area (Å²) in [5, 5.41) is 8.53. The SMILES string of the molecule is CCNC(CSc1ncnn1C)c1ccccc1. The molecule has 0 aliphatic carbocycles. The third-order valence-electron chi connectivity index (χ3n) is 2.70. The number of rotatable bonds is 6. The highest BCUT2D eigenvalue weighted by Crippen LogP contribution is 2.22. The van der Waals surface area contributed by atoms with Crippen molar-refractivity contribution in [3.8, 4) is 0 Å². The number of hydrogen-bond acceptors (Lipinski definition) is 4. The van der Waals surface area contributed by atoms with Gasteiger partial charge in [0.05, 0.1) is 0 Å². The van der Waals surface area contributed by atoms with Crippen LogP contribution in [0.4, 0.5) is 0 Å². The van der Waals surface area contributed by atoms with Gasteiger partial charge in [-0.1, -0.05) is 49.0 Å². The normalized spacial score (nSPS) is 12.6. The van der Waals surface area contributed by atoms with Crippen molar-refractivity contribution in [2.75, 3.05) is 12.3 Å². The molecule has 96 valence electrons. The molecule has 1 unspecified atom stereocenters. The van der Waals surface area contributed by atoms with E-state index in [0.717, 1.165) is 17.5 Å². The van der Waals surface area contributed by atoms with Crippen molar-refractivity contribution < 1.29 is 0 Å². The van der Waals surface area contributed by atoms with Gasteiger partial charge in [0.2, 0.25) is 0 Å². The van der Waals surface area contributed by atoms with Gasteiger partial charge in [0.25, 0.3) is 0 Å². The Kier molecular flexibility index (Phi) is 4.78. The van der Waals surface area contributed by atoms with Gasteiger partial charge in [0, 0.05) is 18.8 Å². The molecule has 0 bridgehead atoms. The summed E-state index contributed by atoms with van der Waals surface area (Å²) < 4.78 is 1.80. The zero-order valence-corrected chi connectivity index (χ0v) is 11.5. The molecule has 1 heterocycles. The second kappa shape index (κ2) is 6.56. The first-order valence-electron chi connectivity index (χ1n) is 6.06. The van der Waals surface area contributed by atoms with Gasteiger partial charge in [-0.3, -0.25) is 0 Å². The van der Waals surface area contributed by atoms with Crippen molar-refractivity contribution in [3.05, 3.63) is 42.2 Å². The zero-order chi connectivity index (χ0) is 12.8. The molecule has 4 nitrogen and oxygen atoms in total. The molecule has 0 radical (unpaired) electrons. The first kappa shape index (κ1) is 13.1. The van der Waals surface area contributed by atoms with Crippen molar-refractivity contribution in [2.24, 2.45) is 7.05 Å². The molecule has 2 rings (SSSR count). The molecule has 0 aliphatic rings. The lowest BCUT2D eigenvalue weighted by Gasteiger charge is -2.17. The van der Waals surface area contributed by atoms with Crippen LogP contribution >= 0.6 is 11.8 Å². The zero-order valence-electron chi connectivity index (χ0n) is 10.7. The summed E-state index contributed by atoms with van der Waals surface area (Å²) >= 11 is 1.72. The Morgan fingerprint density at radius 2 is 2.11 bits per heavy atom. The van der Waals surface area contributed by atoms with E-state index in [-0.39, 0.29) is 0 Å². The predicted octanol–water partition coefficient (Wildman–Crippen LogP) is 2.26. The monoisotopic (exact) mass is 262 g/mol. The van der Waals surface area contributed by atoms with E-state index in [1.165, 1.54) is 5.56 Å². The smallest absolute Gasteiger partial charge is 0.185 e. The van der Waals surface area contributed by atoms with Crippen LogP contribution in [0.1, 0.15) is 18.5 Å². The molecule has 0 spiro atoms. The second-order valence-corrected chi connectivity index (χ2v) is 4.99. The Bertz CT molecular complexity index is 469.